The third kappa shape index (κ3) is 9.49. The van der Waals surface area contributed by atoms with Gasteiger partial charge in [-0.2, -0.15) is 45.6 Å². The van der Waals surface area contributed by atoms with Gasteiger partial charge in [0.05, 0.1) is 40.9 Å². The van der Waals surface area contributed by atoms with Crippen LogP contribution in [-0.4, -0.2) is 98.1 Å². The maximum atomic E-state index is 13.2. The molecule has 0 aromatic heterocycles. The van der Waals surface area contributed by atoms with Crippen LogP contribution in [0.25, 0.3) is 10.8 Å². The summed E-state index contributed by atoms with van der Waals surface area (Å²) in [5, 5.41) is 58.1. The minimum absolute atomic E-state index is 0.0646. The van der Waals surface area contributed by atoms with Gasteiger partial charge >= 0.3 is 11.9 Å². The molecule has 6 rings (SSSR count). The highest BCUT2D eigenvalue weighted by atomic mass is 32.2. The number of aromatic carboxylic acids is 1. The predicted molar refractivity (Wildman–Crippen MR) is 214 cm³/mol. The van der Waals surface area contributed by atoms with Crippen LogP contribution < -0.4 is 14.5 Å². The molecule has 5 aromatic carbocycles. The number of rotatable bonds is 14. The number of azo groups is 3. The highest BCUT2D eigenvalue weighted by Gasteiger charge is 2.41. The van der Waals surface area contributed by atoms with Crippen molar-refractivity contribution in [3.63, 3.8) is 0 Å². The molecular formula is C35H26N8O17S3. The molecule has 1 heterocycles. The molecule has 25 nitrogen and oxygen atoms in total. The zero-order valence-corrected chi connectivity index (χ0v) is 34.0. The second-order valence-electron chi connectivity index (χ2n) is 12.5. The maximum absolute atomic E-state index is 13.2. The van der Waals surface area contributed by atoms with E-state index in [9.17, 15) is 68.6 Å². The number of fused-ring (bicyclic) bond motifs is 1. The summed E-state index contributed by atoms with van der Waals surface area (Å²) < 4.78 is 110. The average molecular weight is 927 g/mol. The average Bonchev–Trinajstić information content (AvgIpc) is 3.56. The van der Waals surface area contributed by atoms with E-state index in [1.54, 1.807) is 0 Å². The summed E-state index contributed by atoms with van der Waals surface area (Å²) >= 11 is 0. The van der Waals surface area contributed by atoms with Gasteiger partial charge in [0.1, 0.15) is 39.1 Å². The number of carbonyl (C=O) groups is 3. The number of aliphatic carboxylic acids is 1. The third-order valence-corrected chi connectivity index (χ3v) is 11.2. The van der Waals surface area contributed by atoms with Gasteiger partial charge in [-0.1, -0.05) is 0 Å². The third-order valence-electron chi connectivity index (χ3n) is 8.61. The quantitative estimate of drug-likeness (QED) is 0.0568. The first-order valence-electron chi connectivity index (χ1n) is 16.9. The number of hydrazone groups is 1. The molecule has 0 aliphatic carbocycles. The SMILES string of the molecule is COc1cc(N=Nc2c(S(=O)(=O)O)cc3cc(N=NC4C(=O)N(c5ccc(S(=O)(=O)O)cc5)N=C4C(=O)O)ccc3c2O)c(OC)cc1N=Nc1ccc(S(=O)(=O)O)cc1C(=O)O. The van der Waals surface area contributed by atoms with Gasteiger partial charge in [0.15, 0.2) is 11.5 Å². The molecule has 5 aromatic rings. The Kier molecular flexibility index (Phi) is 12.1. The van der Waals surface area contributed by atoms with E-state index >= 15 is 0 Å². The second kappa shape index (κ2) is 17.0. The minimum atomic E-state index is -5.17. The number of ether oxygens (including phenoxy) is 2. The van der Waals surface area contributed by atoms with Crippen molar-refractivity contribution in [1.29, 1.82) is 0 Å². The molecule has 1 amide bonds. The highest BCUT2D eigenvalue weighted by Crippen LogP contribution is 2.45. The van der Waals surface area contributed by atoms with Crippen molar-refractivity contribution in [2.45, 2.75) is 20.7 Å². The van der Waals surface area contributed by atoms with Crippen LogP contribution in [0.5, 0.6) is 17.2 Å². The van der Waals surface area contributed by atoms with E-state index in [2.05, 4.69) is 35.8 Å². The van der Waals surface area contributed by atoms with Crippen LogP contribution in [0.15, 0.2) is 129 Å². The Hall–Kier alpha value is -7.63. The summed E-state index contributed by atoms with van der Waals surface area (Å²) in [6.07, 6.45) is 0. The standard InChI is InChI=1S/C35H26N8O17S3/c1-59-26-15-25(27(60-2)14-24(26)38-37-23-10-8-20(62(53,54)55)13-22(23)34(46)47)39-40-29-28(63(56,57)58)12-16-11-17(3-9-21(16)32(29)44)36-41-30-31(35(48)49)42-43(33(30)45)18-4-6-19(7-5-18)61(50,51)52/h3-15,30,44H,1-2H3,(H,46,47)(H,48,49)(H,50,51,52)(H,53,54,55)(H,56,57,58). The number of phenols is 1. The van der Waals surface area contributed by atoms with Crippen LogP contribution in [0.4, 0.5) is 34.1 Å². The largest absolute Gasteiger partial charge is 0.505 e. The fraction of sp³-hybridized carbons (Fsp3) is 0.0857. The van der Waals surface area contributed by atoms with Gasteiger partial charge < -0.3 is 24.8 Å². The summed E-state index contributed by atoms with van der Waals surface area (Å²) in [6.45, 7) is 0. The van der Waals surface area contributed by atoms with Gasteiger partial charge in [-0.3, -0.25) is 18.5 Å². The number of carboxylic acid groups (broad SMARTS) is 2. The second-order valence-corrected chi connectivity index (χ2v) is 16.8. The minimum Gasteiger partial charge on any atom is -0.505 e. The van der Waals surface area contributed by atoms with Gasteiger partial charge in [0, 0.05) is 17.5 Å². The first-order valence-corrected chi connectivity index (χ1v) is 21.2. The molecule has 0 fully saturated rings. The lowest BCUT2D eigenvalue weighted by molar-refractivity contribution is -0.130. The molecule has 0 spiro atoms. The first-order chi connectivity index (χ1) is 29.5. The Labute approximate surface area is 353 Å². The van der Waals surface area contributed by atoms with Crippen molar-refractivity contribution in [3.8, 4) is 17.2 Å². The van der Waals surface area contributed by atoms with Crippen LogP contribution in [0.1, 0.15) is 10.4 Å². The monoisotopic (exact) mass is 926 g/mol. The van der Waals surface area contributed by atoms with Crippen LogP contribution in [0, 0.1) is 0 Å². The molecule has 6 N–H and O–H groups in total. The van der Waals surface area contributed by atoms with Crippen LogP contribution in [-0.2, 0) is 39.9 Å². The molecule has 1 atom stereocenters. The van der Waals surface area contributed by atoms with Crippen molar-refractivity contribution in [1.82, 2.24) is 0 Å². The van der Waals surface area contributed by atoms with E-state index in [0.29, 0.717) is 11.1 Å². The number of carboxylic acids is 2. The fourth-order valence-electron chi connectivity index (χ4n) is 5.64. The van der Waals surface area contributed by atoms with Crippen molar-refractivity contribution < 1.29 is 78.1 Å². The number of hydrogen-bond donors (Lipinski definition) is 6. The van der Waals surface area contributed by atoms with Gasteiger partial charge in [-0.15, -0.1) is 20.5 Å². The molecule has 326 valence electrons. The van der Waals surface area contributed by atoms with E-state index in [4.69, 9.17) is 9.47 Å². The Morgan fingerprint density at radius 2 is 1.24 bits per heavy atom. The van der Waals surface area contributed by atoms with Crippen LogP contribution in [0.2, 0.25) is 0 Å². The number of amides is 1. The molecule has 1 aliphatic heterocycles. The first kappa shape index (κ1) is 44.9. The van der Waals surface area contributed by atoms with Crippen LogP contribution in [0.3, 0.4) is 0 Å². The van der Waals surface area contributed by atoms with Crippen molar-refractivity contribution in [2.75, 3.05) is 19.2 Å². The molecule has 0 saturated carbocycles. The zero-order valence-electron chi connectivity index (χ0n) is 31.6. The normalized spacial score (nSPS) is 14.9. The molecule has 63 heavy (non-hydrogen) atoms. The lowest BCUT2D eigenvalue weighted by atomic mass is 10.1. The fourth-order valence-corrected chi connectivity index (χ4v) is 7.28. The molecule has 1 unspecified atom stereocenters. The van der Waals surface area contributed by atoms with E-state index in [1.165, 1.54) is 44.6 Å². The number of benzene rings is 5. The van der Waals surface area contributed by atoms with E-state index in [1.807, 2.05) is 0 Å². The number of aromatic hydroxyl groups is 1. The number of phenolic OH excluding ortho intramolecular Hbond substituents is 1. The Balaban J connectivity index is 1.32. The topological polar surface area (TPSA) is 383 Å². The summed E-state index contributed by atoms with van der Waals surface area (Å²) in [7, 11) is -12.1. The Morgan fingerprint density at radius 3 is 1.78 bits per heavy atom. The highest BCUT2D eigenvalue weighted by molar-refractivity contribution is 7.86. The lowest BCUT2D eigenvalue weighted by Crippen LogP contribution is -2.33. The number of carbonyl (C=O) groups excluding carboxylic acids is 1. The molecule has 28 heteroatoms. The molecule has 0 radical (unpaired) electrons. The molecule has 1 aliphatic rings. The molecular weight excluding hydrogens is 901 g/mol. The predicted octanol–water partition coefficient (Wildman–Crippen LogP) is 5.77. The zero-order chi connectivity index (χ0) is 46.2. The lowest BCUT2D eigenvalue weighted by Gasteiger charge is -2.12. The van der Waals surface area contributed by atoms with Crippen molar-refractivity contribution >= 4 is 98.8 Å². The van der Waals surface area contributed by atoms with Gasteiger partial charge in [-0.05, 0) is 72.1 Å². The number of hydrogen-bond acceptors (Lipinski definition) is 19. The van der Waals surface area contributed by atoms with Gasteiger partial charge in [-0.25, -0.2) is 9.59 Å². The van der Waals surface area contributed by atoms with E-state index in [0.717, 1.165) is 42.5 Å². The van der Waals surface area contributed by atoms with Crippen LogP contribution >= 0.6 is 0 Å². The molecule has 0 saturated heterocycles. The Bertz CT molecular complexity index is 3230. The summed E-state index contributed by atoms with van der Waals surface area (Å²) in [5.74, 6) is -5.24. The summed E-state index contributed by atoms with van der Waals surface area (Å²) in [6, 6.07) is 11.7. The van der Waals surface area contributed by atoms with Gasteiger partial charge in [0.2, 0.25) is 6.04 Å². The molecule has 0 bridgehead atoms. The number of anilines is 1. The van der Waals surface area contributed by atoms with E-state index in [-0.39, 0.29) is 50.7 Å². The summed E-state index contributed by atoms with van der Waals surface area (Å²) in [5.41, 5.74) is -2.87. The number of nitrogens with zero attached hydrogens (tertiary/aromatic N) is 8. The summed E-state index contributed by atoms with van der Waals surface area (Å²) in [4.78, 5) is 34.8. The van der Waals surface area contributed by atoms with Gasteiger partial charge in [0.25, 0.3) is 36.3 Å². The van der Waals surface area contributed by atoms with Crippen molar-refractivity contribution in [3.05, 3.63) is 84.4 Å². The smallest absolute Gasteiger partial charge is 0.355 e. The van der Waals surface area contributed by atoms with Crippen molar-refractivity contribution in [2.24, 2.45) is 35.8 Å². The van der Waals surface area contributed by atoms with E-state index < -0.39 is 91.6 Å². The maximum Gasteiger partial charge on any atom is 0.355 e. The Morgan fingerprint density at radius 1 is 0.667 bits per heavy atom. The number of methoxy groups -OCH3 is 2.